The molecular formula is C22H28N4O2. The maximum absolute atomic E-state index is 5.71. The van der Waals surface area contributed by atoms with Crippen LogP contribution in [0.1, 0.15) is 19.4 Å². The number of amidine groups is 1. The van der Waals surface area contributed by atoms with Gasteiger partial charge in [0, 0.05) is 44.0 Å². The van der Waals surface area contributed by atoms with E-state index in [2.05, 4.69) is 46.5 Å². The lowest BCUT2D eigenvalue weighted by Crippen LogP contribution is -2.49. The summed E-state index contributed by atoms with van der Waals surface area (Å²) in [5.74, 6) is 2.46. The molecule has 148 valence electrons. The highest BCUT2D eigenvalue weighted by Gasteiger charge is 2.22. The largest absolute Gasteiger partial charge is 0.493 e. The molecule has 0 radical (unpaired) electrons. The lowest BCUT2D eigenvalue weighted by atomic mass is 10.1. The minimum atomic E-state index is 0.514. The molecule has 0 saturated carbocycles. The summed E-state index contributed by atoms with van der Waals surface area (Å²) >= 11 is 0. The van der Waals surface area contributed by atoms with Gasteiger partial charge in [-0.15, -0.1) is 0 Å². The summed E-state index contributed by atoms with van der Waals surface area (Å²) in [7, 11) is 1.66. The first-order valence-electron chi connectivity index (χ1n) is 9.93. The molecule has 3 aliphatic rings. The van der Waals surface area contributed by atoms with Gasteiger partial charge in [-0.3, -0.25) is 0 Å². The molecule has 28 heavy (non-hydrogen) atoms. The van der Waals surface area contributed by atoms with Gasteiger partial charge in [0.2, 0.25) is 0 Å². The number of methoxy groups -OCH3 is 1. The molecule has 4 rings (SSSR count). The fourth-order valence-electron chi connectivity index (χ4n) is 3.77. The molecule has 3 aliphatic heterocycles. The molecule has 3 heterocycles. The van der Waals surface area contributed by atoms with Crippen molar-refractivity contribution in [2.24, 2.45) is 4.99 Å². The highest BCUT2D eigenvalue weighted by molar-refractivity contribution is 6.00. The van der Waals surface area contributed by atoms with Gasteiger partial charge in [-0.05, 0) is 50.3 Å². The minimum Gasteiger partial charge on any atom is -0.493 e. The smallest absolute Gasteiger partial charge is 0.161 e. The Labute approximate surface area is 166 Å². The number of benzene rings is 1. The normalized spacial score (nSPS) is 21.5. The summed E-state index contributed by atoms with van der Waals surface area (Å²) in [6, 6.07) is 6.49. The second-order valence-corrected chi connectivity index (χ2v) is 7.20. The van der Waals surface area contributed by atoms with Crippen LogP contribution in [0.3, 0.4) is 0 Å². The van der Waals surface area contributed by atoms with Gasteiger partial charge in [-0.25, -0.2) is 4.99 Å². The lowest BCUT2D eigenvalue weighted by Gasteiger charge is -2.37. The van der Waals surface area contributed by atoms with Crippen molar-refractivity contribution in [3.05, 3.63) is 53.9 Å². The molecular weight excluding hydrogens is 352 g/mol. The third kappa shape index (κ3) is 3.78. The second kappa shape index (κ2) is 8.10. The Morgan fingerprint density at radius 2 is 2.14 bits per heavy atom. The van der Waals surface area contributed by atoms with Crippen LogP contribution in [0.4, 0.5) is 0 Å². The first-order valence-corrected chi connectivity index (χ1v) is 9.93. The standard InChI is InChI=1S/C22H28N4O2/c1-4-28-21-13-17(5-7-20(21)27-3)19-9-11-26-15-18(6-8-22(26)24-19)25-12-10-23-16(2)14-25/h5-9,13,15-16,23H,4,10-12,14H2,1-3H3/t16-/m0/s1. The van der Waals surface area contributed by atoms with E-state index in [4.69, 9.17) is 14.5 Å². The molecule has 0 aliphatic carbocycles. The minimum absolute atomic E-state index is 0.514. The molecule has 0 amide bonds. The number of fused-ring (bicyclic) bond motifs is 1. The van der Waals surface area contributed by atoms with Crippen LogP contribution in [0, 0.1) is 0 Å². The van der Waals surface area contributed by atoms with Crippen molar-refractivity contribution < 1.29 is 9.47 Å². The Morgan fingerprint density at radius 3 is 2.93 bits per heavy atom. The van der Waals surface area contributed by atoms with Gasteiger partial charge in [-0.1, -0.05) is 0 Å². The van der Waals surface area contributed by atoms with Crippen LogP contribution in [-0.4, -0.2) is 61.6 Å². The summed E-state index contributed by atoms with van der Waals surface area (Å²) < 4.78 is 11.1. The molecule has 0 bridgehead atoms. The molecule has 6 heteroatoms. The zero-order valence-electron chi connectivity index (χ0n) is 16.8. The average Bonchev–Trinajstić information content (AvgIpc) is 2.73. The van der Waals surface area contributed by atoms with E-state index in [1.165, 1.54) is 5.70 Å². The van der Waals surface area contributed by atoms with E-state index in [0.29, 0.717) is 12.6 Å². The fourth-order valence-corrected chi connectivity index (χ4v) is 3.77. The Morgan fingerprint density at radius 1 is 1.25 bits per heavy atom. The number of nitrogens with zero attached hydrogens (tertiary/aromatic N) is 3. The third-order valence-electron chi connectivity index (χ3n) is 5.20. The number of hydrogen-bond acceptors (Lipinski definition) is 6. The molecule has 1 saturated heterocycles. The van der Waals surface area contributed by atoms with Crippen LogP contribution >= 0.6 is 0 Å². The van der Waals surface area contributed by atoms with Crippen LogP contribution in [0.2, 0.25) is 0 Å². The average molecular weight is 380 g/mol. The number of ether oxygens (including phenoxy) is 2. The highest BCUT2D eigenvalue weighted by atomic mass is 16.5. The van der Waals surface area contributed by atoms with Crippen LogP contribution < -0.4 is 14.8 Å². The zero-order valence-corrected chi connectivity index (χ0v) is 16.8. The molecule has 0 aromatic heterocycles. The maximum atomic E-state index is 5.71. The van der Waals surface area contributed by atoms with Gasteiger partial charge in [0.1, 0.15) is 5.84 Å². The maximum Gasteiger partial charge on any atom is 0.161 e. The van der Waals surface area contributed by atoms with Crippen LogP contribution in [-0.2, 0) is 0 Å². The highest BCUT2D eigenvalue weighted by Crippen LogP contribution is 2.32. The summed E-state index contributed by atoms with van der Waals surface area (Å²) in [6.07, 6.45) is 8.66. The monoisotopic (exact) mass is 380 g/mol. The third-order valence-corrected chi connectivity index (χ3v) is 5.20. The molecule has 1 aromatic carbocycles. The van der Waals surface area contributed by atoms with E-state index in [0.717, 1.165) is 54.8 Å². The molecule has 0 unspecified atom stereocenters. The summed E-state index contributed by atoms with van der Waals surface area (Å²) in [5, 5.41) is 3.49. The zero-order chi connectivity index (χ0) is 19.5. The topological polar surface area (TPSA) is 49.3 Å². The van der Waals surface area contributed by atoms with Gasteiger partial charge in [0.15, 0.2) is 11.5 Å². The summed E-state index contributed by atoms with van der Waals surface area (Å²) in [4.78, 5) is 9.51. The molecule has 1 atom stereocenters. The quantitative estimate of drug-likeness (QED) is 0.851. The van der Waals surface area contributed by atoms with E-state index < -0.39 is 0 Å². The number of rotatable bonds is 5. The van der Waals surface area contributed by atoms with Crippen molar-refractivity contribution in [3.8, 4) is 11.5 Å². The van der Waals surface area contributed by atoms with Crippen molar-refractivity contribution in [2.45, 2.75) is 19.9 Å². The van der Waals surface area contributed by atoms with E-state index in [9.17, 15) is 0 Å². The Bertz CT molecular complexity index is 856. The summed E-state index contributed by atoms with van der Waals surface area (Å²) in [6.45, 7) is 8.70. The van der Waals surface area contributed by atoms with Gasteiger partial charge < -0.3 is 24.6 Å². The van der Waals surface area contributed by atoms with Crippen LogP contribution in [0.25, 0.3) is 5.70 Å². The fraction of sp³-hybridized carbons (Fsp3) is 0.409. The van der Waals surface area contributed by atoms with Crippen LogP contribution in [0.15, 0.2) is 53.3 Å². The van der Waals surface area contributed by atoms with Gasteiger partial charge >= 0.3 is 0 Å². The number of aliphatic imine (C=N–C) groups is 1. The first-order chi connectivity index (χ1) is 13.7. The Balaban J connectivity index is 1.53. The van der Waals surface area contributed by atoms with E-state index in [1.807, 2.05) is 25.1 Å². The van der Waals surface area contributed by atoms with E-state index in [1.54, 1.807) is 7.11 Å². The number of nitrogens with one attached hydrogen (secondary N) is 1. The Hall–Kier alpha value is -2.73. The molecule has 1 aromatic rings. The van der Waals surface area contributed by atoms with E-state index >= 15 is 0 Å². The Kier molecular flexibility index (Phi) is 5.39. The predicted molar refractivity (Wildman–Crippen MR) is 113 cm³/mol. The van der Waals surface area contributed by atoms with Crippen molar-refractivity contribution in [1.82, 2.24) is 15.1 Å². The van der Waals surface area contributed by atoms with Crippen LogP contribution in [0.5, 0.6) is 11.5 Å². The second-order valence-electron chi connectivity index (χ2n) is 7.20. The van der Waals surface area contributed by atoms with Gasteiger partial charge in [0.05, 0.1) is 25.1 Å². The van der Waals surface area contributed by atoms with Crippen molar-refractivity contribution >= 4 is 11.5 Å². The van der Waals surface area contributed by atoms with Gasteiger partial charge in [-0.2, -0.15) is 0 Å². The van der Waals surface area contributed by atoms with Crippen molar-refractivity contribution in [3.63, 3.8) is 0 Å². The summed E-state index contributed by atoms with van der Waals surface area (Å²) in [5.41, 5.74) is 3.26. The number of allylic oxidation sites excluding steroid dienone is 1. The number of piperazine rings is 1. The lowest BCUT2D eigenvalue weighted by molar-refractivity contribution is 0.258. The molecule has 1 fully saturated rings. The SMILES string of the molecule is CCOc1cc(C2=CCN3C=C(N4CCN[C@@H](C)C4)C=CC3=N2)ccc1OC. The molecule has 1 N–H and O–H groups in total. The van der Waals surface area contributed by atoms with Crippen molar-refractivity contribution in [2.75, 3.05) is 39.9 Å². The van der Waals surface area contributed by atoms with Crippen molar-refractivity contribution in [1.29, 1.82) is 0 Å². The number of hydrogen-bond donors (Lipinski definition) is 1. The molecule has 0 spiro atoms. The van der Waals surface area contributed by atoms with Gasteiger partial charge in [0.25, 0.3) is 0 Å². The van der Waals surface area contributed by atoms with E-state index in [-0.39, 0.29) is 0 Å². The predicted octanol–water partition coefficient (Wildman–Crippen LogP) is 2.85. The molecule has 6 nitrogen and oxygen atoms in total. The first kappa shape index (κ1) is 18.6.